The van der Waals surface area contributed by atoms with Crippen molar-refractivity contribution < 1.29 is 9.26 Å². The molecule has 0 radical (unpaired) electrons. The van der Waals surface area contributed by atoms with Crippen molar-refractivity contribution in [3.8, 4) is 0 Å². The number of nitrogens with zero attached hydrogens (tertiary/aromatic N) is 3. The molecule has 0 spiro atoms. The van der Waals surface area contributed by atoms with Crippen LogP contribution in [0.25, 0.3) is 0 Å². The lowest BCUT2D eigenvalue weighted by Gasteiger charge is -2.61. The van der Waals surface area contributed by atoms with Crippen molar-refractivity contribution in [3.05, 3.63) is 11.7 Å². The minimum Gasteiger partial charge on any atom is -0.378 e. The van der Waals surface area contributed by atoms with Crippen LogP contribution in [0.1, 0.15) is 38.9 Å². The van der Waals surface area contributed by atoms with E-state index in [0.29, 0.717) is 24.3 Å². The summed E-state index contributed by atoms with van der Waals surface area (Å²) in [5.41, 5.74) is 5.49. The van der Waals surface area contributed by atoms with Crippen LogP contribution in [0.5, 0.6) is 0 Å². The molecule has 1 aliphatic rings. The second-order valence-corrected chi connectivity index (χ2v) is 6.10. The standard InChI is InChI=1S/C13H24N4O2.ClH/c1-12(2)9(6-13(12,3)18-5)17(4)8-10-15-11(7-14)19-16-10;/h9H,6-8,14H2,1-5H3;1H. The second kappa shape index (κ2) is 5.97. The number of nitrogens with two attached hydrogens (primary N) is 1. The molecule has 2 rings (SSSR count). The van der Waals surface area contributed by atoms with Crippen LogP contribution in [-0.4, -0.2) is 40.8 Å². The van der Waals surface area contributed by atoms with Crippen molar-refractivity contribution in [2.75, 3.05) is 14.2 Å². The summed E-state index contributed by atoms with van der Waals surface area (Å²) >= 11 is 0. The lowest BCUT2D eigenvalue weighted by Crippen LogP contribution is -2.67. The van der Waals surface area contributed by atoms with Crippen molar-refractivity contribution >= 4 is 12.4 Å². The van der Waals surface area contributed by atoms with Crippen LogP contribution in [0.15, 0.2) is 4.52 Å². The van der Waals surface area contributed by atoms with Crippen molar-refractivity contribution in [2.24, 2.45) is 11.1 Å². The van der Waals surface area contributed by atoms with Crippen LogP contribution in [-0.2, 0) is 17.8 Å². The SMILES string of the molecule is COC1(C)CC(N(C)Cc2noc(CN)n2)C1(C)C.Cl. The quantitative estimate of drug-likeness (QED) is 0.890. The zero-order chi connectivity index (χ0) is 14.3. The molecule has 0 saturated heterocycles. The molecule has 2 N–H and O–H groups in total. The maximum absolute atomic E-state index is 5.65. The third-order valence-corrected chi connectivity index (χ3v) is 4.84. The molecule has 1 aliphatic carbocycles. The van der Waals surface area contributed by atoms with Gasteiger partial charge >= 0.3 is 0 Å². The Labute approximate surface area is 126 Å². The highest BCUT2D eigenvalue weighted by Crippen LogP contribution is 2.53. The molecular formula is C13H25ClN4O2. The van der Waals surface area contributed by atoms with Gasteiger partial charge in [-0.3, -0.25) is 4.90 Å². The van der Waals surface area contributed by atoms with E-state index in [4.69, 9.17) is 15.0 Å². The van der Waals surface area contributed by atoms with Gasteiger partial charge in [-0.25, -0.2) is 0 Å². The smallest absolute Gasteiger partial charge is 0.240 e. The summed E-state index contributed by atoms with van der Waals surface area (Å²) in [5.74, 6) is 1.17. The van der Waals surface area contributed by atoms with Gasteiger partial charge in [0.05, 0.1) is 18.7 Å². The molecule has 20 heavy (non-hydrogen) atoms. The van der Waals surface area contributed by atoms with Gasteiger partial charge in [0.1, 0.15) is 0 Å². The number of aromatic nitrogens is 2. The minimum absolute atomic E-state index is 0. The summed E-state index contributed by atoms with van der Waals surface area (Å²) in [4.78, 5) is 6.49. The molecule has 1 heterocycles. The molecule has 0 bridgehead atoms. The highest BCUT2D eigenvalue weighted by Gasteiger charge is 2.58. The first-order valence-electron chi connectivity index (χ1n) is 6.61. The van der Waals surface area contributed by atoms with Gasteiger partial charge in [-0.05, 0) is 20.4 Å². The molecular weight excluding hydrogens is 280 g/mol. The molecule has 1 saturated carbocycles. The van der Waals surface area contributed by atoms with E-state index in [0.717, 1.165) is 6.42 Å². The van der Waals surface area contributed by atoms with Crippen LogP contribution in [0.4, 0.5) is 0 Å². The van der Waals surface area contributed by atoms with E-state index < -0.39 is 0 Å². The predicted octanol–water partition coefficient (Wildman–Crippen LogP) is 1.59. The zero-order valence-electron chi connectivity index (χ0n) is 12.8. The maximum atomic E-state index is 5.65. The summed E-state index contributed by atoms with van der Waals surface area (Å²) in [5, 5.41) is 3.93. The average Bonchev–Trinajstić information content (AvgIpc) is 2.82. The predicted molar refractivity (Wildman–Crippen MR) is 78.5 cm³/mol. The number of ether oxygens (including phenoxy) is 1. The van der Waals surface area contributed by atoms with E-state index in [-0.39, 0.29) is 30.0 Å². The van der Waals surface area contributed by atoms with Gasteiger partial charge in [0.15, 0.2) is 5.82 Å². The van der Waals surface area contributed by atoms with Gasteiger partial charge in [-0.2, -0.15) is 4.98 Å². The third kappa shape index (κ3) is 2.70. The van der Waals surface area contributed by atoms with Crippen molar-refractivity contribution in [1.82, 2.24) is 15.0 Å². The van der Waals surface area contributed by atoms with Crippen LogP contribution in [0, 0.1) is 5.41 Å². The topological polar surface area (TPSA) is 77.4 Å². The first kappa shape index (κ1) is 17.4. The first-order chi connectivity index (χ1) is 8.84. The van der Waals surface area contributed by atoms with Gasteiger partial charge in [0.25, 0.3) is 0 Å². The Hall–Kier alpha value is -0.690. The van der Waals surface area contributed by atoms with Gasteiger partial charge in [0.2, 0.25) is 5.89 Å². The molecule has 116 valence electrons. The summed E-state index contributed by atoms with van der Waals surface area (Å²) in [6, 6.07) is 0.442. The van der Waals surface area contributed by atoms with Crippen LogP contribution < -0.4 is 5.73 Å². The second-order valence-electron chi connectivity index (χ2n) is 6.10. The lowest BCUT2D eigenvalue weighted by atomic mass is 9.55. The summed E-state index contributed by atoms with van der Waals surface area (Å²) < 4.78 is 10.7. The monoisotopic (exact) mass is 304 g/mol. The Morgan fingerprint density at radius 3 is 2.55 bits per heavy atom. The van der Waals surface area contributed by atoms with Crippen LogP contribution in [0.2, 0.25) is 0 Å². The molecule has 0 amide bonds. The Morgan fingerprint density at radius 1 is 1.45 bits per heavy atom. The molecule has 0 aromatic carbocycles. The normalized spacial score (nSPS) is 28.1. The molecule has 6 nitrogen and oxygen atoms in total. The Kier molecular flexibility index (Phi) is 5.18. The highest BCUT2D eigenvalue weighted by atomic mass is 35.5. The molecule has 1 aromatic heterocycles. The maximum Gasteiger partial charge on any atom is 0.240 e. The Morgan fingerprint density at radius 2 is 2.10 bits per heavy atom. The van der Waals surface area contributed by atoms with Gasteiger partial charge in [0, 0.05) is 18.6 Å². The molecule has 0 aliphatic heterocycles. The van der Waals surface area contributed by atoms with E-state index in [1.54, 1.807) is 7.11 Å². The van der Waals surface area contributed by atoms with Crippen LogP contribution in [0.3, 0.4) is 0 Å². The minimum atomic E-state index is -0.0639. The first-order valence-corrected chi connectivity index (χ1v) is 6.61. The van der Waals surface area contributed by atoms with E-state index in [9.17, 15) is 0 Å². The van der Waals surface area contributed by atoms with Gasteiger partial charge < -0.3 is 15.0 Å². The Balaban J connectivity index is 0.00000200. The fourth-order valence-corrected chi connectivity index (χ4v) is 2.93. The number of hydrogen-bond donors (Lipinski definition) is 1. The summed E-state index contributed by atoms with van der Waals surface area (Å²) in [7, 11) is 3.87. The lowest BCUT2D eigenvalue weighted by molar-refractivity contribution is -0.207. The van der Waals surface area contributed by atoms with Crippen LogP contribution >= 0.6 is 12.4 Å². The fourth-order valence-electron chi connectivity index (χ4n) is 2.93. The largest absolute Gasteiger partial charge is 0.378 e. The molecule has 1 aromatic rings. The molecule has 2 atom stereocenters. The molecule has 7 heteroatoms. The zero-order valence-corrected chi connectivity index (χ0v) is 13.7. The van der Waals surface area contributed by atoms with E-state index >= 15 is 0 Å². The van der Waals surface area contributed by atoms with E-state index in [1.807, 2.05) is 0 Å². The number of rotatable bonds is 5. The molecule has 1 fully saturated rings. The summed E-state index contributed by atoms with van der Waals surface area (Å²) in [6.45, 7) is 7.59. The average molecular weight is 305 g/mol. The number of hydrogen-bond acceptors (Lipinski definition) is 6. The highest BCUT2D eigenvalue weighted by molar-refractivity contribution is 5.85. The third-order valence-electron chi connectivity index (χ3n) is 4.84. The van der Waals surface area contributed by atoms with E-state index in [2.05, 4.69) is 42.9 Å². The summed E-state index contributed by atoms with van der Waals surface area (Å²) in [6.07, 6.45) is 1.01. The van der Waals surface area contributed by atoms with Crippen molar-refractivity contribution in [1.29, 1.82) is 0 Å². The number of methoxy groups -OCH3 is 1. The number of halogens is 1. The van der Waals surface area contributed by atoms with Crippen molar-refractivity contribution in [3.63, 3.8) is 0 Å². The van der Waals surface area contributed by atoms with Crippen molar-refractivity contribution in [2.45, 2.75) is 51.9 Å². The molecule has 2 unspecified atom stereocenters. The Bertz CT molecular complexity index is 451. The fraction of sp³-hybridized carbons (Fsp3) is 0.846. The van der Waals surface area contributed by atoms with E-state index in [1.165, 1.54) is 0 Å². The van der Waals surface area contributed by atoms with Gasteiger partial charge in [-0.1, -0.05) is 19.0 Å². The van der Waals surface area contributed by atoms with Gasteiger partial charge in [-0.15, -0.1) is 12.4 Å².